The molecule has 8 nitrogen and oxygen atoms in total. The number of carbonyl (C=O) groups is 2. The minimum atomic E-state index is -4.03. The summed E-state index contributed by atoms with van der Waals surface area (Å²) in [5.41, 5.74) is 1.75. The molecular weight excluding hydrogens is 587 g/mol. The molecule has 1 aromatic heterocycles. The van der Waals surface area contributed by atoms with Crippen LogP contribution in [-0.4, -0.2) is 20.4 Å². The number of furan rings is 1. The van der Waals surface area contributed by atoms with Crippen LogP contribution in [0.25, 0.3) is 22.3 Å². The fourth-order valence-electron chi connectivity index (χ4n) is 3.31. The number of hydrogen-bond acceptors (Lipinski definition) is 8. The molecule has 0 saturated carbocycles. The summed E-state index contributed by atoms with van der Waals surface area (Å²) in [5, 5.41) is 0.707. The van der Waals surface area contributed by atoms with E-state index in [1.54, 1.807) is 30.3 Å². The Labute approximate surface area is 215 Å². The number of esters is 2. The van der Waals surface area contributed by atoms with Gasteiger partial charge in [0.05, 0.1) is 9.13 Å². The Morgan fingerprint density at radius 2 is 1.51 bits per heavy atom. The lowest BCUT2D eigenvalue weighted by Gasteiger charge is -2.10. The van der Waals surface area contributed by atoms with E-state index in [0.717, 1.165) is 5.56 Å². The van der Waals surface area contributed by atoms with Crippen molar-refractivity contribution in [3.8, 4) is 28.6 Å². The van der Waals surface area contributed by atoms with E-state index in [1.165, 1.54) is 44.2 Å². The summed E-state index contributed by atoms with van der Waals surface area (Å²) in [6.45, 7) is 4.38. The highest BCUT2D eigenvalue weighted by Crippen LogP contribution is 2.41. The van der Waals surface area contributed by atoms with Gasteiger partial charge in [0, 0.05) is 31.4 Å². The number of aryl methyl sites for hydroxylation is 1. The normalized spacial score (nSPS) is 11.3. The van der Waals surface area contributed by atoms with Gasteiger partial charge in [-0.2, -0.15) is 8.42 Å². The Balaban J connectivity index is 1.73. The molecule has 4 rings (SSSR count). The van der Waals surface area contributed by atoms with Crippen LogP contribution >= 0.6 is 22.6 Å². The van der Waals surface area contributed by atoms with Gasteiger partial charge in [-0.25, -0.2) is 0 Å². The maximum atomic E-state index is 12.7. The minimum Gasteiger partial charge on any atom is -0.455 e. The number of fused-ring (bicyclic) bond motifs is 1. The molecule has 0 amide bonds. The van der Waals surface area contributed by atoms with Crippen LogP contribution in [0.1, 0.15) is 19.4 Å². The molecule has 0 fully saturated rings. The van der Waals surface area contributed by atoms with Crippen molar-refractivity contribution in [2.75, 3.05) is 0 Å². The number of rotatable bonds is 6. The molecule has 0 unspecified atom stereocenters. The molecule has 0 N–H and O–H groups in total. The third-order valence-electron chi connectivity index (χ3n) is 4.83. The van der Waals surface area contributed by atoms with Crippen molar-refractivity contribution < 1.29 is 36.1 Å². The predicted octanol–water partition coefficient (Wildman–Crippen LogP) is 5.63. The number of carbonyl (C=O) groups excluding carboxylic acids is 2. The molecule has 0 saturated heterocycles. The van der Waals surface area contributed by atoms with Crippen molar-refractivity contribution in [3.05, 3.63) is 69.8 Å². The van der Waals surface area contributed by atoms with Crippen molar-refractivity contribution in [2.24, 2.45) is 0 Å². The smallest absolute Gasteiger partial charge is 0.339 e. The van der Waals surface area contributed by atoms with Gasteiger partial charge in [-0.05, 0) is 65.9 Å². The van der Waals surface area contributed by atoms with Gasteiger partial charge in [-0.3, -0.25) is 9.59 Å². The maximum absolute atomic E-state index is 12.7. The first kappa shape index (κ1) is 24.7. The summed E-state index contributed by atoms with van der Waals surface area (Å²) in [7, 11) is -4.03. The monoisotopic (exact) mass is 606 g/mol. The van der Waals surface area contributed by atoms with Crippen molar-refractivity contribution in [3.63, 3.8) is 0 Å². The van der Waals surface area contributed by atoms with E-state index in [9.17, 15) is 18.0 Å². The molecule has 3 aromatic carbocycles. The summed E-state index contributed by atoms with van der Waals surface area (Å²) in [6, 6.07) is 15.6. The Kier molecular flexibility index (Phi) is 6.86. The van der Waals surface area contributed by atoms with E-state index in [4.69, 9.17) is 18.1 Å². The Morgan fingerprint density at radius 1 is 0.857 bits per heavy atom. The van der Waals surface area contributed by atoms with Crippen LogP contribution < -0.4 is 13.7 Å². The summed E-state index contributed by atoms with van der Waals surface area (Å²) < 4.78 is 47.8. The van der Waals surface area contributed by atoms with Crippen molar-refractivity contribution in [2.45, 2.75) is 25.7 Å². The second-order valence-corrected chi connectivity index (χ2v) is 10.2. The van der Waals surface area contributed by atoms with Crippen LogP contribution in [0.5, 0.6) is 17.2 Å². The van der Waals surface area contributed by atoms with Gasteiger partial charge in [0.15, 0.2) is 5.76 Å². The van der Waals surface area contributed by atoms with E-state index in [2.05, 4.69) is 22.6 Å². The number of benzene rings is 3. The van der Waals surface area contributed by atoms with Gasteiger partial charge in [-0.1, -0.05) is 17.7 Å². The van der Waals surface area contributed by atoms with E-state index in [1.807, 2.05) is 6.92 Å². The first-order valence-electron chi connectivity index (χ1n) is 10.3. The molecule has 35 heavy (non-hydrogen) atoms. The predicted molar refractivity (Wildman–Crippen MR) is 136 cm³/mol. The zero-order chi connectivity index (χ0) is 25.3. The number of hydrogen-bond donors (Lipinski definition) is 0. The Morgan fingerprint density at radius 3 is 2.17 bits per heavy atom. The van der Waals surface area contributed by atoms with Crippen LogP contribution in [0.4, 0.5) is 0 Å². The van der Waals surface area contributed by atoms with Crippen molar-refractivity contribution in [1.29, 1.82) is 0 Å². The second kappa shape index (κ2) is 9.70. The molecule has 0 bridgehead atoms. The molecule has 180 valence electrons. The lowest BCUT2D eigenvalue weighted by molar-refractivity contribution is -0.132. The van der Waals surface area contributed by atoms with Gasteiger partial charge >= 0.3 is 22.1 Å². The van der Waals surface area contributed by atoms with Gasteiger partial charge in [-0.15, -0.1) is 0 Å². The first-order valence-corrected chi connectivity index (χ1v) is 12.8. The quantitative estimate of drug-likeness (QED) is 0.120. The van der Waals surface area contributed by atoms with E-state index in [0.29, 0.717) is 25.9 Å². The van der Waals surface area contributed by atoms with Crippen LogP contribution in [0.2, 0.25) is 0 Å². The average molecular weight is 606 g/mol. The molecule has 0 aliphatic heterocycles. The number of ether oxygens (including phenoxy) is 2. The lowest BCUT2D eigenvalue weighted by atomic mass is 10.1. The second-order valence-electron chi connectivity index (χ2n) is 7.60. The van der Waals surface area contributed by atoms with Crippen LogP contribution in [0.15, 0.2) is 70.0 Å². The third kappa shape index (κ3) is 5.49. The SMILES string of the molecule is CC(=O)Oc1ccc(-c2oc3cc(OS(=O)(=O)c4ccc(C)cc4)ccc3c2I)c(OC(C)=O)c1. The zero-order valence-electron chi connectivity index (χ0n) is 18.8. The van der Waals surface area contributed by atoms with E-state index >= 15 is 0 Å². The lowest BCUT2D eigenvalue weighted by Crippen LogP contribution is -2.09. The summed E-state index contributed by atoms with van der Waals surface area (Å²) in [4.78, 5) is 23.0. The fourth-order valence-corrected chi connectivity index (χ4v) is 5.08. The molecule has 0 aliphatic rings. The molecule has 10 heteroatoms. The summed E-state index contributed by atoms with van der Waals surface area (Å²) in [6.07, 6.45) is 0. The van der Waals surface area contributed by atoms with Crippen LogP contribution in [0.3, 0.4) is 0 Å². The minimum absolute atomic E-state index is 0.0387. The Hall–Kier alpha value is -3.38. The number of halogens is 1. The summed E-state index contributed by atoms with van der Waals surface area (Å²) >= 11 is 2.09. The topological polar surface area (TPSA) is 109 Å². The zero-order valence-corrected chi connectivity index (χ0v) is 21.8. The molecular formula is C25H19IO8S. The fraction of sp³-hybridized carbons (Fsp3) is 0.120. The molecule has 0 radical (unpaired) electrons. The molecule has 0 aliphatic carbocycles. The highest BCUT2D eigenvalue weighted by atomic mass is 127. The highest BCUT2D eigenvalue weighted by molar-refractivity contribution is 14.1. The Bertz CT molecular complexity index is 1550. The van der Waals surface area contributed by atoms with E-state index < -0.39 is 22.1 Å². The van der Waals surface area contributed by atoms with E-state index in [-0.39, 0.29) is 22.1 Å². The van der Waals surface area contributed by atoms with Gasteiger partial charge in [0.25, 0.3) is 0 Å². The van der Waals surface area contributed by atoms with Crippen molar-refractivity contribution >= 4 is 55.6 Å². The third-order valence-corrected chi connectivity index (χ3v) is 7.16. The molecule has 1 heterocycles. The first-order chi connectivity index (χ1) is 16.5. The maximum Gasteiger partial charge on any atom is 0.339 e. The van der Waals surface area contributed by atoms with Gasteiger partial charge in [0.2, 0.25) is 0 Å². The van der Waals surface area contributed by atoms with Gasteiger partial charge in [0.1, 0.15) is 27.7 Å². The van der Waals surface area contributed by atoms with Gasteiger partial charge < -0.3 is 18.1 Å². The molecule has 0 atom stereocenters. The standard InChI is InChI=1S/C25H19IO8S/c1-14-4-8-19(9-5-14)35(29,30)34-18-7-10-20-22(13-18)33-25(24(20)26)21-11-6-17(31-15(2)27)12-23(21)32-16(3)28/h4-13H,1-3H3. The van der Waals surface area contributed by atoms with Crippen molar-refractivity contribution in [1.82, 2.24) is 0 Å². The largest absolute Gasteiger partial charge is 0.455 e. The van der Waals surface area contributed by atoms with Crippen LogP contribution in [-0.2, 0) is 19.7 Å². The van der Waals surface area contributed by atoms with Crippen LogP contribution in [0, 0.1) is 10.5 Å². The average Bonchev–Trinajstić information content (AvgIpc) is 3.08. The highest BCUT2D eigenvalue weighted by Gasteiger charge is 2.22. The molecule has 0 spiro atoms. The summed E-state index contributed by atoms with van der Waals surface area (Å²) in [5.74, 6) is -0.246. The molecule has 4 aromatic rings.